The summed E-state index contributed by atoms with van der Waals surface area (Å²) < 4.78 is 25.8. The number of benzene rings is 2. The van der Waals surface area contributed by atoms with Gasteiger partial charge in [-0.3, -0.25) is 0 Å². The molecule has 0 aromatic heterocycles. The predicted octanol–water partition coefficient (Wildman–Crippen LogP) is 2.38. The summed E-state index contributed by atoms with van der Waals surface area (Å²) in [6, 6.07) is 12.2. The lowest BCUT2D eigenvalue weighted by Gasteiger charge is -2.15. The molecule has 22 heavy (non-hydrogen) atoms. The number of nitrogens with zero attached hydrogens (tertiary/aromatic N) is 1. The highest BCUT2D eigenvalue weighted by Gasteiger charge is 2.10. The maximum Gasteiger partial charge on any atom is 0.215 e. The van der Waals surface area contributed by atoms with Gasteiger partial charge < -0.3 is 4.90 Å². The van der Waals surface area contributed by atoms with Crippen molar-refractivity contribution in [1.82, 2.24) is 9.62 Å². The number of likely N-dealkylation sites (N-methyl/N-ethyl adjacent to an activating group) is 1. The Morgan fingerprint density at radius 3 is 2.64 bits per heavy atom. The lowest BCUT2D eigenvalue weighted by Crippen LogP contribution is -2.20. The van der Waals surface area contributed by atoms with E-state index < -0.39 is 10.0 Å². The van der Waals surface area contributed by atoms with Gasteiger partial charge in [0.05, 0.1) is 5.75 Å². The fourth-order valence-electron chi connectivity index (χ4n) is 2.45. The molecule has 120 valence electrons. The number of fused-ring (bicyclic) bond motifs is 1. The topological polar surface area (TPSA) is 49.4 Å². The number of rotatable bonds is 7. The van der Waals surface area contributed by atoms with Gasteiger partial charge in [-0.05, 0) is 55.0 Å². The van der Waals surface area contributed by atoms with E-state index in [1.54, 1.807) is 0 Å². The highest BCUT2D eigenvalue weighted by atomic mass is 32.2. The van der Waals surface area contributed by atoms with Crippen LogP contribution in [-0.2, 0) is 22.2 Å². The quantitative estimate of drug-likeness (QED) is 0.852. The van der Waals surface area contributed by atoms with Crippen molar-refractivity contribution in [2.24, 2.45) is 0 Å². The minimum absolute atomic E-state index is 0.0165. The van der Waals surface area contributed by atoms with Gasteiger partial charge in [-0.1, -0.05) is 37.3 Å². The first-order valence-corrected chi connectivity index (χ1v) is 9.20. The lowest BCUT2D eigenvalue weighted by molar-refractivity contribution is 0.358. The molecule has 2 rings (SSSR count). The number of nitrogens with one attached hydrogen (secondary N) is 1. The molecule has 0 amide bonds. The minimum Gasteiger partial charge on any atom is -0.306 e. The summed E-state index contributed by atoms with van der Waals surface area (Å²) in [5.41, 5.74) is 2.08. The molecular formula is C17H24N2O2S. The summed E-state index contributed by atoms with van der Waals surface area (Å²) in [7, 11) is 0.312. The van der Waals surface area contributed by atoms with E-state index in [0.717, 1.165) is 35.8 Å². The molecule has 0 atom stereocenters. The van der Waals surface area contributed by atoms with Gasteiger partial charge in [-0.25, -0.2) is 13.1 Å². The van der Waals surface area contributed by atoms with E-state index in [0.29, 0.717) is 0 Å². The van der Waals surface area contributed by atoms with Gasteiger partial charge in [0.15, 0.2) is 0 Å². The molecule has 0 bridgehead atoms. The molecule has 0 heterocycles. The molecule has 4 nitrogen and oxygen atoms in total. The van der Waals surface area contributed by atoms with Crippen LogP contribution in [0.15, 0.2) is 36.4 Å². The maximum absolute atomic E-state index is 11.7. The Hall–Kier alpha value is -1.43. The molecule has 0 saturated heterocycles. The van der Waals surface area contributed by atoms with Crippen LogP contribution in [0.4, 0.5) is 0 Å². The second kappa shape index (κ2) is 7.22. The molecule has 0 aliphatic heterocycles. The van der Waals surface area contributed by atoms with Crippen LogP contribution in [0.25, 0.3) is 10.8 Å². The minimum atomic E-state index is -3.24. The van der Waals surface area contributed by atoms with Crippen molar-refractivity contribution in [3.63, 3.8) is 0 Å². The molecule has 2 aromatic rings. The summed E-state index contributed by atoms with van der Waals surface area (Å²) in [5.74, 6) is 0.0165. The van der Waals surface area contributed by atoms with Crippen molar-refractivity contribution >= 4 is 20.8 Å². The average molecular weight is 320 g/mol. The van der Waals surface area contributed by atoms with E-state index in [-0.39, 0.29) is 5.75 Å². The smallest absolute Gasteiger partial charge is 0.215 e. The molecule has 0 aliphatic rings. The normalized spacial score (nSPS) is 12.2. The number of hydrogen-bond donors (Lipinski definition) is 1. The SMILES string of the molecule is CCN(C)CCc1cccc2ccc(CS(=O)(=O)NC)cc12. The molecule has 5 heteroatoms. The molecule has 0 unspecified atom stereocenters. The zero-order chi connectivity index (χ0) is 16.2. The summed E-state index contributed by atoms with van der Waals surface area (Å²) in [6.07, 6.45) is 0.962. The van der Waals surface area contributed by atoms with E-state index >= 15 is 0 Å². The molecule has 1 N–H and O–H groups in total. The van der Waals surface area contributed by atoms with Gasteiger partial charge in [-0.15, -0.1) is 0 Å². The monoisotopic (exact) mass is 320 g/mol. The third kappa shape index (κ3) is 4.29. The molecule has 0 spiro atoms. The Bertz CT molecular complexity index is 741. The molecule has 2 aromatic carbocycles. The Morgan fingerprint density at radius 2 is 1.95 bits per heavy atom. The third-order valence-corrected chi connectivity index (χ3v) is 5.34. The van der Waals surface area contributed by atoms with Gasteiger partial charge in [0, 0.05) is 6.54 Å². The molecule has 0 saturated carbocycles. The molecule has 0 radical (unpaired) electrons. The van der Waals surface area contributed by atoms with Crippen LogP contribution in [0.5, 0.6) is 0 Å². The first-order valence-electron chi connectivity index (χ1n) is 7.55. The van der Waals surface area contributed by atoms with E-state index in [1.807, 2.05) is 18.2 Å². The Labute approximate surface area is 133 Å². The van der Waals surface area contributed by atoms with E-state index in [4.69, 9.17) is 0 Å². The lowest BCUT2D eigenvalue weighted by atomic mass is 10.00. The van der Waals surface area contributed by atoms with Gasteiger partial charge in [0.25, 0.3) is 0 Å². The molecule has 0 fully saturated rings. The van der Waals surface area contributed by atoms with Crippen molar-refractivity contribution < 1.29 is 8.42 Å². The maximum atomic E-state index is 11.7. The van der Waals surface area contributed by atoms with E-state index in [1.165, 1.54) is 12.6 Å². The van der Waals surface area contributed by atoms with Crippen molar-refractivity contribution in [1.29, 1.82) is 0 Å². The van der Waals surface area contributed by atoms with Crippen LogP contribution in [0.3, 0.4) is 0 Å². The average Bonchev–Trinajstić information content (AvgIpc) is 2.52. The van der Waals surface area contributed by atoms with Crippen molar-refractivity contribution in [2.45, 2.75) is 19.1 Å². The van der Waals surface area contributed by atoms with Crippen molar-refractivity contribution in [3.8, 4) is 0 Å². The van der Waals surface area contributed by atoms with Crippen LogP contribution in [0, 0.1) is 0 Å². The number of sulfonamides is 1. The van der Waals surface area contributed by atoms with Gasteiger partial charge in [-0.2, -0.15) is 0 Å². The standard InChI is InChI=1S/C17H24N2O2S/c1-4-19(3)11-10-16-7-5-6-15-9-8-14(12-17(15)16)13-22(20,21)18-2/h5-9,12,18H,4,10-11,13H2,1-3H3. The summed E-state index contributed by atoms with van der Waals surface area (Å²) >= 11 is 0. The summed E-state index contributed by atoms with van der Waals surface area (Å²) in [4.78, 5) is 2.27. The fourth-order valence-corrected chi connectivity index (χ4v) is 3.22. The highest BCUT2D eigenvalue weighted by molar-refractivity contribution is 7.88. The predicted molar refractivity (Wildman–Crippen MR) is 92.5 cm³/mol. The van der Waals surface area contributed by atoms with E-state index in [2.05, 4.69) is 41.8 Å². The van der Waals surface area contributed by atoms with Crippen molar-refractivity contribution in [3.05, 3.63) is 47.5 Å². The molecule has 0 aliphatic carbocycles. The zero-order valence-corrected chi connectivity index (χ0v) is 14.3. The van der Waals surface area contributed by atoms with Gasteiger partial charge in [0.2, 0.25) is 10.0 Å². The largest absolute Gasteiger partial charge is 0.306 e. The highest BCUT2D eigenvalue weighted by Crippen LogP contribution is 2.22. The van der Waals surface area contributed by atoms with Gasteiger partial charge in [0.1, 0.15) is 0 Å². The second-order valence-electron chi connectivity index (χ2n) is 5.58. The van der Waals surface area contributed by atoms with Crippen LogP contribution < -0.4 is 4.72 Å². The summed E-state index contributed by atoms with van der Waals surface area (Å²) in [6.45, 7) is 4.16. The zero-order valence-electron chi connectivity index (χ0n) is 13.5. The number of hydrogen-bond acceptors (Lipinski definition) is 3. The Kier molecular flexibility index (Phi) is 5.56. The third-order valence-electron chi connectivity index (χ3n) is 4.01. The van der Waals surface area contributed by atoms with Crippen LogP contribution >= 0.6 is 0 Å². The van der Waals surface area contributed by atoms with Crippen molar-refractivity contribution in [2.75, 3.05) is 27.2 Å². The van der Waals surface area contributed by atoms with Crippen LogP contribution in [0.1, 0.15) is 18.1 Å². The first-order chi connectivity index (χ1) is 10.4. The summed E-state index contributed by atoms with van der Waals surface area (Å²) in [5, 5.41) is 2.30. The second-order valence-corrected chi connectivity index (χ2v) is 7.51. The fraction of sp³-hybridized carbons (Fsp3) is 0.412. The Balaban J connectivity index is 2.33. The van der Waals surface area contributed by atoms with Crippen LogP contribution in [-0.4, -0.2) is 40.5 Å². The van der Waals surface area contributed by atoms with E-state index in [9.17, 15) is 8.42 Å². The first kappa shape index (κ1) is 16.9. The van der Waals surface area contributed by atoms with Crippen LogP contribution in [0.2, 0.25) is 0 Å². The molecular weight excluding hydrogens is 296 g/mol. The Morgan fingerprint density at radius 1 is 1.18 bits per heavy atom. The van der Waals surface area contributed by atoms with Gasteiger partial charge >= 0.3 is 0 Å².